The van der Waals surface area contributed by atoms with Gasteiger partial charge in [0.05, 0.1) is 18.8 Å². The highest BCUT2D eigenvalue weighted by Crippen LogP contribution is 2.40. The summed E-state index contributed by atoms with van der Waals surface area (Å²) in [6.45, 7) is 11.5. The monoisotopic (exact) mass is 415 g/mol. The van der Waals surface area contributed by atoms with Crippen molar-refractivity contribution in [3.05, 3.63) is 58.1 Å². The molecule has 2 aromatic carbocycles. The van der Waals surface area contributed by atoms with E-state index in [1.807, 2.05) is 46.8 Å². The van der Waals surface area contributed by atoms with Crippen molar-refractivity contribution < 1.29 is 23.6 Å². The third-order valence-electron chi connectivity index (χ3n) is 4.66. The molecule has 0 saturated heterocycles. The molecule has 0 saturated carbocycles. The number of Topliss-reactive ketones (excluding diaryl/α,β-unsaturated/α-hetero) is 1. The molecule has 0 radical (unpaired) electrons. The second kappa shape index (κ2) is 9.80. The lowest BCUT2D eigenvalue weighted by atomic mass is 10.0. The third kappa shape index (κ3) is 4.91. The van der Waals surface area contributed by atoms with E-state index >= 15 is 0 Å². The quantitative estimate of drug-likeness (QED) is 0.391. The predicted molar refractivity (Wildman–Crippen MR) is 115 cm³/mol. The maximum atomic E-state index is 13.2. The van der Waals surface area contributed by atoms with Crippen LogP contribution in [0.4, 0.5) is 0 Å². The van der Waals surface area contributed by atoms with Crippen LogP contribution < -0.4 is 9.47 Å². The Hall–Kier alpha value is -2.52. The standard InChI is InChI=1S/C23H28O5P/c1-7-27-18-10-9-11-19(28-8-2)21(18)22(24)17(6)29(26)23(25)20-15(4)12-14(3)13-16(20)5/h9-13,17H,7-8H2,1-6H3/q+1. The van der Waals surface area contributed by atoms with Crippen LogP contribution in [0.5, 0.6) is 11.5 Å². The van der Waals surface area contributed by atoms with Gasteiger partial charge >= 0.3 is 13.3 Å². The van der Waals surface area contributed by atoms with Crippen LogP contribution in [0.3, 0.4) is 0 Å². The number of benzene rings is 2. The largest absolute Gasteiger partial charge is 0.493 e. The Labute approximate surface area is 173 Å². The van der Waals surface area contributed by atoms with E-state index in [1.54, 1.807) is 18.2 Å². The topological polar surface area (TPSA) is 69.7 Å². The highest BCUT2D eigenvalue weighted by atomic mass is 31.1. The molecular weight excluding hydrogens is 387 g/mol. The van der Waals surface area contributed by atoms with Gasteiger partial charge in [-0.2, -0.15) is 0 Å². The summed E-state index contributed by atoms with van der Waals surface area (Å²) in [7, 11) is -2.48. The smallest absolute Gasteiger partial charge is 0.431 e. The Balaban J connectivity index is 2.42. The number of carbonyl (C=O) groups is 2. The molecule has 0 aromatic heterocycles. The van der Waals surface area contributed by atoms with E-state index in [4.69, 9.17) is 9.47 Å². The average molecular weight is 415 g/mol. The molecule has 0 heterocycles. The number of aryl methyl sites for hydroxylation is 3. The summed E-state index contributed by atoms with van der Waals surface area (Å²) < 4.78 is 24.3. The second-order valence-electron chi connectivity index (χ2n) is 6.94. The minimum atomic E-state index is -2.48. The van der Waals surface area contributed by atoms with Crippen LogP contribution in [0.25, 0.3) is 0 Å². The predicted octanol–water partition coefficient (Wildman–Crippen LogP) is 5.65. The van der Waals surface area contributed by atoms with Gasteiger partial charge in [0, 0.05) is 0 Å². The van der Waals surface area contributed by atoms with E-state index in [1.165, 1.54) is 6.92 Å². The molecule has 0 aliphatic heterocycles. The van der Waals surface area contributed by atoms with E-state index in [-0.39, 0.29) is 5.56 Å². The number of rotatable bonds is 9. The van der Waals surface area contributed by atoms with Gasteiger partial charge in [0.25, 0.3) is 0 Å². The number of carbonyl (C=O) groups excluding carboxylic acids is 2. The lowest BCUT2D eigenvalue weighted by molar-refractivity contribution is 0.0975. The van der Waals surface area contributed by atoms with Gasteiger partial charge in [-0.1, -0.05) is 28.3 Å². The molecule has 0 bridgehead atoms. The van der Waals surface area contributed by atoms with Crippen LogP contribution in [0, 0.1) is 20.8 Å². The average Bonchev–Trinajstić information content (AvgIpc) is 2.66. The first kappa shape index (κ1) is 22.8. The maximum Gasteiger partial charge on any atom is 0.431 e. The fourth-order valence-electron chi connectivity index (χ4n) is 3.42. The van der Waals surface area contributed by atoms with Crippen LogP contribution in [0.2, 0.25) is 0 Å². The molecule has 0 fully saturated rings. The molecule has 2 rings (SSSR count). The first-order valence-electron chi connectivity index (χ1n) is 9.74. The first-order valence-corrected chi connectivity index (χ1v) is 11.1. The Kier molecular flexibility index (Phi) is 7.69. The molecule has 0 amide bonds. The van der Waals surface area contributed by atoms with E-state index in [9.17, 15) is 14.2 Å². The molecule has 0 N–H and O–H groups in total. The molecular formula is C23H28O5P+. The second-order valence-corrected chi connectivity index (χ2v) is 8.77. The minimum Gasteiger partial charge on any atom is -0.493 e. The lowest BCUT2D eigenvalue weighted by Gasteiger charge is -2.14. The zero-order valence-electron chi connectivity index (χ0n) is 17.9. The number of ether oxygens (including phenoxy) is 2. The molecule has 2 aromatic rings. The van der Waals surface area contributed by atoms with Crippen molar-refractivity contribution in [2.75, 3.05) is 13.2 Å². The molecule has 0 spiro atoms. The van der Waals surface area contributed by atoms with Crippen molar-refractivity contribution in [2.45, 2.75) is 47.2 Å². The highest BCUT2D eigenvalue weighted by molar-refractivity contribution is 7.66. The number of hydrogen-bond acceptors (Lipinski definition) is 5. The molecule has 2 atom stereocenters. The maximum absolute atomic E-state index is 13.2. The Morgan fingerprint density at radius 2 is 1.41 bits per heavy atom. The summed E-state index contributed by atoms with van der Waals surface area (Å²) in [4.78, 5) is 26.2. The summed E-state index contributed by atoms with van der Waals surface area (Å²) in [5.74, 6) is 0.317. The van der Waals surface area contributed by atoms with Crippen molar-refractivity contribution >= 4 is 19.1 Å². The minimum absolute atomic E-state index is 0.234. The summed E-state index contributed by atoms with van der Waals surface area (Å²) in [5.41, 5.74) is 1.72. The van der Waals surface area contributed by atoms with Crippen molar-refractivity contribution in [1.82, 2.24) is 0 Å². The van der Waals surface area contributed by atoms with Crippen LogP contribution in [-0.2, 0) is 4.57 Å². The van der Waals surface area contributed by atoms with Gasteiger partial charge in [0.2, 0.25) is 11.4 Å². The van der Waals surface area contributed by atoms with Crippen LogP contribution in [-0.4, -0.2) is 30.2 Å². The summed E-state index contributed by atoms with van der Waals surface area (Å²) in [6.07, 6.45) is 0. The SMILES string of the molecule is CCOc1cccc(OCC)c1C(=O)C(C)[P+](=O)C(=O)c1c(C)cc(C)cc1C. The van der Waals surface area contributed by atoms with Crippen molar-refractivity contribution in [2.24, 2.45) is 0 Å². The van der Waals surface area contributed by atoms with Crippen LogP contribution in [0.1, 0.15) is 58.2 Å². The van der Waals surface area contributed by atoms with Crippen LogP contribution >= 0.6 is 7.80 Å². The van der Waals surface area contributed by atoms with E-state index in [0.29, 0.717) is 30.3 Å². The van der Waals surface area contributed by atoms with E-state index < -0.39 is 24.8 Å². The van der Waals surface area contributed by atoms with E-state index in [0.717, 1.165) is 16.7 Å². The van der Waals surface area contributed by atoms with Crippen molar-refractivity contribution in [3.8, 4) is 11.5 Å². The zero-order chi connectivity index (χ0) is 21.7. The molecule has 5 nitrogen and oxygen atoms in total. The van der Waals surface area contributed by atoms with E-state index in [2.05, 4.69) is 0 Å². The van der Waals surface area contributed by atoms with Gasteiger partial charge in [-0.15, -0.1) is 0 Å². The Morgan fingerprint density at radius 1 is 0.931 bits per heavy atom. The molecule has 2 unspecified atom stereocenters. The number of hydrogen-bond donors (Lipinski definition) is 0. The van der Waals surface area contributed by atoms with Gasteiger partial charge in [-0.25, -0.2) is 4.79 Å². The Bertz CT molecular complexity index is 901. The van der Waals surface area contributed by atoms with Gasteiger partial charge in [-0.05, 0) is 64.8 Å². The summed E-state index contributed by atoms with van der Waals surface area (Å²) in [5, 5.41) is 0. The zero-order valence-corrected chi connectivity index (χ0v) is 18.8. The van der Waals surface area contributed by atoms with Gasteiger partial charge < -0.3 is 9.47 Å². The van der Waals surface area contributed by atoms with Crippen LogP contribution in [0.15, 0.2) is 30.3 Å². The van der Waals surface area contributed by atoms with Gasteiger partial charge in [0.15, 0.2) is 0 Å². The molecule has 0 aliphatic rings. The first-order chi connectivity index (χ1) is 13.7. The molecule has 154 valence electrons. The summed E-state index contributed by atoms with van der Waals surface area (Å²) in [6, 6.07) is 8.85. The summed E-state index contributed by atoms with van der Waals surface area (Å²) >= 11 is 0. The van der Waals surface area contributed by atoms with Crippen molar-refractivity contribution in [1.29, 1.82) is 0 Å². The van der Waals surface area contributed by atoms with Crippen molar-refractivity contribution in [3.63, 3.8) is 0 Å². The Morgan fingerprint density at radius 3 is 1.86 bits per heavy atom. The normalized spacial score (nSPS) is 12.3. The molecule has 0 aliphatic carbocycles. The highest BCUT2D eigenvalue weighted by Gasteiger charge is 2.44. The number of ketones is 1. The van der Waals surface area contributed by atoms with Gasteiger partial charge in [-0.3, -0.25) is 4.79 Å². The fourth-order valence-corrected chi connectivity index (χ4v) is 4.69. The molecule has 6 heteroatoms. The third-order valence-corrected chi connectivity index (χ3v) is 6.22. The fraction of sp³-hybridized carbons (Fsp3) is 0.391. The lowest BCUT2D eigenvalue weighted by Crippen LogP contribution is -2.19. The molecule has 29 heavy (non-hydrogen) atoms. The van der Waals surface area contributed by atoms with Gasteiger partial charge in [0.1, 0.15) is 17.1 Å².